The van der Waals surface area contributed by atoms with E-state index in [1.807, 2.05) is 25.2 Å². The average Bonchev–Trinajstić information content (AvgIpc) is 3.21. The number of nitrogens with zero attached hydrogens (tertiary/aromatic N) is 4. The zero-order valence-electron chi connectivity index (χ0n) is 15.2. The minimum atomic E-state index is -1.02. The van der Waals surface area contributed by atoms with Gasteiger partial charge in [0.05, 0.1) is 12.2 Å². The van der Waals surface area contributed by atoms with E-state index in [1.165, 1.54) is 17.3 Å². The molecule has 7 heteroatoms. The highest BCUT2D eigenvalue weighted by Crippen LogP contribution is 2.44. The molecule has 138 valence electrons. The highest BCUT2D eigenvalue weighted by molar-refractivity contribution is 5.84. The maximum Gasteiger partial charge on any atom is 0.371 e. The van der Waals surface area contributed by atoms with Crippen LogP contribution in [0.4, 0.5) is 5.95 Å². The van der Waals surface area contributed by atoms with Crippen LogP contribution in [0.25, 0.3) is 0 Å². The van der Waals surface area contributed by atoms with Crippen LogP contribution in [0.3, 0.4) is 0 Å². The van der Waals surface area contributed by atoms with Crippen LogP contribution >= 0.6 is 0 Å². The topological polar surface area (TPSA) is 82.7 Å². The van der Waals surface area contributed by atoms with Gasteiger partial charge in [0.15, 0.2) is 0 Å². The number of aryl methyl sites for hydroxylation is 1. The van der Waals surface area contributed by atoms with Crippen LogP contribution in [0.5, 0.6) is 0 Å². The second-order valence-electron chi connectivity index (χ2n) is 7.60. The summed E-state index contributed by atoms with van der Waals surface area (Å²) in [5.41, 5.74) is 2.54. The molecule has 4 rings (SSSR count). The largest absolute Gasteiger partial charge is 0.475 e. The van der Waals surface area contributed by atoms with E-state index in [9.17, 15) is 4.79 Å². The summed E-state index contributed by atoms with van der Waals surface area (Å²) < 4.78 is 5.45. The molecule has 3 heterocycles. The van der Waals surface area contributed by atoms with E-state index in [0.717, 1.165) is 44.7 Å². The van der Waals surface area contributed by atoms with Crippen molar-refractivity contribution < 1.29 is 14.3 Å². The van der Waals surface area contributed by atoms with Crippen molar-refractivity contribution >= 4 is 11.9 Å². The third-order valence-corrected chi connectivity index (χ3v) is 5.53. The van der Waals surface area contributed by atoms with Crippen molar-refractivity contribution in [2.24, 2.45) is 0 Å². The van der Waals surface area contributed by atoms with Gasteiger partial charge in [0, 0.05) is 32.3 Å². The van der Waals surface area contributed by atoms with E-state index in [1.54, 1.807) is 6.07 Å². The molecular formula is C19H24N4O3. The minimum absolute atomic E-state index is 0.00120. The molecule has 2 aliphatic rings. The first kappa shape index (κ1) is 17.0. The second kappa shape index (κ2) is 6.39. The second-order valence-corrected chi connectivity index (χ2v) is 7.60. The molecule has 2 aromatic heterocycles. The lowest BCUT2D eigenvalue weighted by atomic mass is 9.77. The van der Waals surface area contributed by atoms with Gasteiger partial charge in [-0.1, -0.05) is 0 Å². The molecule has 26 heavy (non-hydrogen) atoms. The number of likely N-dealkylation sites (tertiary alicyclic amines) is 1. The first-order chi connectivity index (χ1) is 12.5. The van der Waals surface area contributed by atoms with Crippen LogP contribution in [0.1, 0.15) is 46.8 Å². The SMILES string of the molecule is CN(C)c1ncc2c(n1)C1(CCCN(Cc3ccc(C(=O)O)o3)C1)CC2. The van der Waals surface area contributed by atoms with Crippen molar-refractivity contribution in [1.82, 2.24) is 14.9 Å². The molecule has 1 unspecified atom stereocenters. The van der Waals surface area contributed by atoms with Crippen LogP contribution in [-0.4, -0.2) is 53.1 Å². The molecule has 1 aliphatic carbocycles. The number of aromatic nitrogens is 2. The molecule has 0 saturated carbocycles. The van der Waals surface area contributed by atoms with Gasteiger partial charge in [-0.25, -0.2) is 14.8 Å². The van der Waals surface area contributed by atoms with Gasteiger partial charge in [-0.3, -0.25) is 4.90 Å². The molecule has 1 spiro atoms. The quantitative estimate of drug-likeness (QED) is 0.900. The molecule has 0 amide bonds. The van der Waals surface area contributed by atoms with Gasteiger partial charge in [-0.05, 0) is 49.9 Å². The lowest BCUT2D eigenvalue weighted by molar-refractivity contribution is 0.0655. The molecule has 0 radical (unpaired) electrons. The summed E-state index contributed by atoms with van der Waals surface area (Å²) in [5.74, 6) is 0.443. The minimum Gasteiger partial charge on any atom is -0.475 e. The molecule has 1 atom stereocenters. The standard InChI is InChI=1S/C19H24N4O3/c1-22(2)18-20-10-13-6-8-19(16(13)21-18)7-3-9-23(12-19)11-14-4-5-15(26-14)17(24)25/h4-5,10H,3,6-9,11-12H2,1-2H3,(H,24,25). The van der Waals surface area contributed by atoms with Gasteiger partial charge in [-0.15, -0.1) is 0 Å². The van der Waals surface area contributed by atoms with Crippen molar-refractivity contribution in [3.8, 4) is 0 Å². The fourth-order valence-corrected chi connectivity index (χ4v) is 4.31. The lowest BCUT2D eigenvalue weighted by Crippen LogP contribution is -2.45. The zero-order valence-corrected chi connectivity index (χ0v) is 15.2. The summed E-state index contributed by atoms with van der Waals surface area (Å²) in [6.45, 7) is 2.55. The van der Waals surface area contributed by atoms with Crippen molar-refractivity contribution in [3.05, 3.63) is 41.1 Å². The predicted molar refractivity (Wildman–Crippen MR) is 96.5 cm³/mol. The Morgan fingerprint density at radius 2 is 2.23 bits per heavy atom. The van der Waals surface area contributed by atoms with Gasteiger partial charge in [-0.2, -0.15) is 0 Å². The van der Waals surface area contributed by atoms with E-state index >= 15 is 0 Å². The number of carboxylic acids is 1. The fraction of sp³-hybridized carbons (Fsp3) is 0.526. The number of anilines is 1. The van der Waals surface area contributed by atoms with Gasteiger partial charge < -0.3 is 14.4 Å². The Bertz CT molecular complexity index is 828. The Balaban J connectivity index is 1.55. The first-order valence-corrected chi connectivity index (χ1v) is 9.05. The number of carbonyl (C=O) groups is 1. The van der Waals surface area contributed by atoms with Crippen molar-refractivity contribution in [2.45, 2.75) is 37.6 Å². The number of carboxylic acid groups (broad SMARTS) is 1. The van der Waals surface area contributed by atoms with Crippen LogP contribution in [0.15, 0.2) is 22.7 Å². The van der Waals surface area contributed by atoms with Gasteiger partial charge in [0.2, 0.25) is 11.7 Å². The summed E-state index contributed by atoms with van der Waals surface area (Å²) in [5, 5.41) is 9.03. The lowest BCUT2D eigenvalue weighted by Gasteiger charge is -2.40. The fourth-order valence-electron chi connectivity index (χ4n) is 4.31. The number of piperidine rings is 1. The van der Waals surface area contributed by atoms with Gasteiger partial charge in [0.1, 0.15) is 5.76 Å². The maximum atomic E-state index is 11.0. The number of hydrogen-bond acceptors (Lipinski definition) is 6. The molecule has 1 saturated heterocycles. The molecule has 2 aromatic rings. The van der Waals surface area contributed by atoms with Gasteiger partial charge in [0.25, 0.3) is 0 Å². The van der Waals surface area contributed by atoms with Crippen LogP contribution in [0, 0.1) is 0 Å². The molecular weight excluding hydrogens is 332 g/mol. The molecule has 7 nitrogen and oxygen atoms in total. The third-order valence-electron chi connectivity index (χ3n) is 5.53. The van der Waals surface area contributed by atoms with Crippen molar-refractivity contribution in [1.29, 1.82) is 0 Å². The van der Waals surface area contributed by atoms with E-state index < -0.39 is 5.97 Å². The van der Waals surface area contributed by atoms with E-state index in [0.29, 0.717) is 12.3 Å². The van der Waals surface area contributed by atoms with E-state index in [-0.39, 0.29) is 11.2 Å². The normalized spacial score (nSPS) is 22.5. The van der Waals surface area contributed by atoms with Crippen LogP contribution in [0.2, 0.25) is 0 Å². The average molecular weight is 356 g/mol. The Kier molecular flexibility index (Phi) is 4.19. The summed E-state index contributed by atoms with van der Waals surface area (Å²) >= 11 is 0. The van der Waals surface area contributed by atoms with Gasteiger partial charge >= 0.3 is 5.97 Å². The number of aromatic carboxylic acids is 1. The van der Waals surface area contributed by atoms with E-state index in [2.05, 4.69) is 9.88 Å². The predicted octanol–water partition coefficient (Wildman–Crippen LogP) is 2.31. The highest BCUT2D eigenvalue weighted by Gasteiger charge is 2.43. The van der Waals surface area contributed by atoms with E-state index in [4.69, 9.17) is 14.5 Å². The molecule has 1 aliphatic heterocycles. The Labute approximate surface area is 152 Å². The van der Waals surface area contributed by atoms with Crippen LogP contribution < -0.4 is 4.90 Å². The highest BCUT2D eigenvalue weighted by atomic mass is 16.4. The number of furan rings is 1. The Morgan fingerprint density at radius 1 is 1.38 bits per heavy atom. The van der Waals surface area contributed by atoms with Crippen molar-refractivity contribution in [2.75, 3.05) is 32.1 Å². The third kappa shape index (κ3) is 2.96. The summed E-state index contributed by atoms with van der Waals surface area (Å²) in [7, 11) is 3.93. The Hall–Kier alpha value is -2.41. The molecule has 1 N–H and O–H groups in total. The van der Waals surface area contributed by atoms with Crippen LogP contribution in [-0.2, 0) is 18.4 Å². The zero-order chi connectivity index (χ0) is 18.3. The summed E-state index contributed by atoms with van der Waals surface area (Å²) in [6, 6.07) is 3.29. The maximum absolute atomic E-state index is 11.0. The van der Waals surface area contributed by atoms with Crippen molar-refractivity contribution in [3.63, 3.8) is 0 Å². The summed E-state index contributed by atoms with van der Waals surface area (Å²) in [4.78, 5) is 24.7. The molecule has 0 bridgehead atoms. The molecule has 1 fully saturated rings. The number of fused-ring (bicyclic) bond motifs is 2. The number of hydrogen-bond donors (Lipinski definition) is 1. The Morgan fingerprint density at radius 3 is 2.96 bits per heavy atom. The number of rotatable bonds is 4. The molecule has 0 aromatic carbocycles. The smallest absolute Gasteiger partial charge is 0.371 e. The summed E-state index contributed by atoms with van der Waals surface area (Å²) in [6.07, 6.45) is 6.35. The monoisotopic (exact) mass is 356 g/mol. The first-order valence-electron chi connectivity index (χ1n) is 9.05.